The number of nitrogens with zero attached hydrogens (tertiary/aromatic N) is 2. The first-order chi connectivity index (χ1) is 10.1. The third kappa shape index (κ3) is 2.66. The van der Waals surface area contributed by atoms with Crippen molar-refractivity contribution in [2.45, 2.75) is 49.5 Å². The van der Waals surface area contributed by atoms with Crippen molar-refractivity contribution in [2.24, 2.45) is 5.92 Å². The van der Waals surface area contributed by atoms with E-state index in [0.717, 1.165) is 12.8 Å². The van der Waals surface area contributed by atoms with Crippen LogP contribution in [0.25, 0.3) is 0 Å². The van der Waals surface area contributed by atoms with E-state index in [1.807, 2.05) is 0 Å². The summed E-state index contributed by atoms with van der Waals surface area (Å²) >= 11 is 0. The highest BCUT2D eigenvalue weighted by atomic mass is 32.2. The monoisotopic (exact) mass is 309 g/mol. The van der Waals surface area contributed by atoms with Gasteiger partial charge in [-0.2, -0.15) is 4.31 Å². The SMILES string of the molecule is CNc1ccncc1S(=O)(=O)N1CCCC1C1CCCC1. The zero-order valence-corrected chi connectivity index (χ0v) is 13.3. The lowest BCUT2D eigenvalue weighted by Crippen LogP contribution is -2.39. The Morgan fingerprint density at radius 1 is 1.24 bits per heavy atom. The average molecular weight is 309 g/mol. The van der Waals surface area contributed by atoms with Crippen molar-refractivity contribution in [1.29, 1.82) is 0 Å². The average Bonchev–Trinajstić information content (AvgIpc) is 3.17. The van der Waals surface area contributed by atoms with Gasteiger partial charge < -0.3 is 5.32 Å². The molecule has 2 heterocycles. The molecule has 5 nitrogen and oxygen atoms in total. The fourth-order valence-corrected chi connectivity index (χ4v) is 5.69. The lowest BCUT2D eigenvalue weighted by Gasteiger charge is -2.29. The Hall–Kier alpha value is -1.14. The zero-order chi connectivity index (χ0) is 14.9. The van der Waals surface area contributed by atoms with Gasteiger partial charge in [0.15, 0.2) is 0 Å². The Bertz CT molecular complexity index is 597. The number of anilines is 1. The van der Waals surface area contributed by atoms with Crippen molar-refractivity contribution in [3.63, 3.8) is 0 Å². The van der Waals surface area contributed by atoms with E-state index in [4.69, 9.17) is 0 Å². The Balaban J connectivity index is 1.93. The van der Waals surface area contributed by atoms with Gasteiger partial charge in [-0.3, -0.25) is 4.98 Å². The number of sulfonamides is 1. The van der Waals surface area contributed by atoms with Gasteiger partial charge in [0.2, 0.25) is 10.0 Å². The number of hydrogen-bond donors (Lipinski definition) is 1. The highest BCUT2D eigenvalue weighted by molar-refractivity contribution is 7.89. The minimum absolute atomic E-state index is 0.183. The summed E-state index contributed by atoms with van der Waals surface area (Å²) in [6, 6.07) is 1.90. The van der Waals surface area contributed by atoms with E-state index >= 15 is 0 Å². The minimum atomic E-state index is -3.46. The van der Waals surface area contributed by atoms with Gasteiger partial charge in [-0.05, 0) is 37.7 Å². The van der Waals surface area contributed by atoms with Crippen LogP contribution in [0.3, 0.4) is 0 Å². The molecule has 1 unspecified atom stereocenters. The Labute approximate surface area is 126 Å². The van der Waals surface area contributed by atoms with E-state index in [9.17, 15) is 8.42 Å². The van der Waals surface area contributed by atoms with E-state index in [1.165, 1.54) is 31.9 Å². The van der Waals surface area contributed by atoms with Crippen LogP contribution in [0.2, 0.25) is 0 Å². The summed E-state index contributed by atoms with van der Waals surface area (Å²) in [6.07, 6.45) is 9.86. The molecular formula is C15H23N3O2S. The number of hydrogen-bond acceptors (Lipinski definition) is 4. The number of rotatable bonds is 4. The summed E-state index contributed by atoms with van der Waals surface area (Å²) < 4.78 is 27.8. The summed E-state index contributed by atoms with van der Waals surface area (Å²) in [6.45, 7) is 0.640. The van der Waals surface area contributed by atoms with Gasteiger partial charge in [0.1, 0.15) is 4.90 Å². The topological polar surface area (TPSA) is 62.3 Å². The first-order valence-electron chi connectivity index (χ1n) is 7.78. The summed E-state index contributed by atoms with van der Waals surface area (Å²) in [7, 11) is -1.72. The molecular weight excluding hydrogens is 286 g/mol. The lowest BCUT2D eigenvalue weighted by molar-refractivity contribution is 0.288. The number of pyridine rings is 1. The standard InChI is InChI=1S/C15H23N3O2S/c1-16-13-8-9-17-11-15(13)21(19,20)18-10-4-7-14(18)12-5-2-3-6-12/h8-9,11-12,14H,2-7,10H2,1H3,(H,16,17). The highest BCUT2D eigenvalue weighted by Crippen LogP contribution is 2.38. The van der Waals surface area contributed by atoms with Crippen molar-refractivity contribution in [2.75, 3.05) is 18.9 Å². The molecule has 116 valence electrons. The maximum atomic E-state index is 13.0. The maximum absolute atomic E-state index is 13.0. The van der Waals surface area contributed by atoms with Crippen molar-refractivity contribution in [3.05, 3.63) is 18.5 Å². The second-order valence-electron chi connectivity index (χ2n) is 5.99. The van der Waals surface area contributed by atoms with Crippen LogP contribution >= 0.6 is 0 Å². The summed E-state index contributed by atoms with van der Waals surface area (Å²) in [5, 5.41) is 2.96. The maximum Gasteiger partial charge on any atom is 0.246 e. The van der Waals surface area contributed by atoms with E-state index in [1.54, 1.807) is 23.6 Å². The highest BCUT2D eigenvalue weighted by Gasteiger charge is 2.41. The molecule has 2 aliphatic rings. The van der Waals surface area contributed by atoms with Gasteiger partial charge in [-0.1, -0.05) is 12.8 Å². The molecule has 0 aromatic carbocycles. The quantitative estimate of drug-likeness (QED) is 0.928. The van der Waals surface area contributed by atoms with Gasteiger partial charge in [0.05, 0.1) is 5.69 Å². The molecule has 2 fully saturated rings. The van der Waals surface area contributed by atoms with Gasteiger partial charge in [-0.15, -0.1) is 0 Å². The van der Waals surface area contributed by atoms with Gasteiger partial charge in [0.25, 0.3) is 0 Å². The molecule has 1 N–H and O–H groups in total. The molecule has 21 heavy (non-hydrogen) atoms. The van der Waals surface area contributed by atoms with Crippen molar-refractivity contribution in [1.82, 2.24) is 9.29 Å². The smallest absolute Gasteiger partial charge is 0.246 e. The minimum Gasteiger partial charge on any atom is -0.387 e. The van der Waals surface area contributed by atoms with E-state index in [-0.39, 0.29) is 6.04 Å². The molecule has 0 bridgehead atoms. The molecule has 1 saturated heterocycles. The fraction of sp³-hybridized carbons (Fsp3) is 0.667. The molecule has 1 aromatic rings. The Kier molecular flexibility index (Phi) is 4.17. The van der Waals surface area contributed by atoms with Crippen LogP contribution in [0.1, 0.15) is 38.5 Å². The largest absolute Gasteiger partial charge is 0.387 e. The molecule has 0 amide bonds. The van der Waals surface area contributed by atoms with Crippen LogP contribution in [0.15, 0.2) is 23.4 Å². The predicted molar refractivity (Wildman–Crippen MR) is 82.7 cm³/mol. The molecule has 1 atom stereocenters. The third-order valence-electron chi connectivity index (χ3n) is 4.83. The van der Waals surface area contributed by atoms with E-state index < -0.39 is 10.0 Å². The molecule has 1 aromatic heterocycles. The molecule has 1 saturated carbocycles. The van der Waals surface area contributed by atoms with Crippen LogP contribution in [-0.2, 0) is 10.0 Å². The van der Waals surface area contributed by atoms with Gasteiger partial charge in [0, 0.05) is 32.0 Å². The van der Waals surface area contributed by atoms with Crippen molar-refractivity contribution < 1.29 is 8.42 Å². The van der Waals surface area contributed by atoms with E-state index in [0.29, 0.717) is 23.0 Å². The molecule has 0 radical (unpaired) electrons. The van der Waals surface area contributed by atoms with Crippen molar-refractivity contribution in [3.8, 4) is 0 Å². The fourth-order valence-electron chi connectivity index (χ4n) is 3.80. The van der Waals surface area contributed by atoms with Crippen LogP contribution < -0.4 is 5.32 Å². The normalized spacial score (nSPS) is 24.5. The van der Waals surface area contributed by atoms with Crippen LogP contribution in [0, 0.1) is 5.92 Å². The second kappa shape index (κ2) is 5.93. The number of nitrogens with one attached hydrogen (secondary N) is 1. The first kappa shape index (κ1) is 14.8. The first-order valence-corrected chi connectivity index (χ1v) is 9.22. The van der Waals surface area contributed by atoms with E-state index in [2.05, 4.69) is 10.3 Å². The van der Waals surface area contributed by atoms with Crippen LogP contribution in [0.5, 0.6) is 0 Å². The summed E-state index contributed by atoms with van der Waals surface area (Å²) in [5.41, 5.74) is 0.627. The molecule has 6 heteroatoms. The summed E-state index contributed by atoms with van der Waals surface area (Å²) in [4.78, 5) is 4.31. The lowest BCUT2D eigenvalue weighted by atomic mass is 9.97. The third-order valence-corrected chi connectivity index (χ3v) is 6.78. The summed E-state index contributed by atoms with van der Waals surface area (Å²) in [5.74, 6) is 0.539. The van der Waals surface area contributed by atoms with Crippen LogP contribution in [-0.4, -0.2) is 37.3 Å². The molecule has 1 aliphatic carbocycles. The second-order valence-corrected chi connectivity index (χ2v) is 7.85. The Morgan fingerprint density at radius 3 is 2.71 bits per heavy atom. The molecule has 1 aliphatic heterocycles. The molecule has 3 rings (SSSR count). The predicted octanol–water partition coefficient (Wildman–Crippen LogP) is 2.47. The van der Waals surface area contributed by atoms with Crippen LogP contribution in [0.4, 0.5) is 5.69 Å². The zero-order valence-electron chi connectivity index (χ0n) is 12.5. The Morgan fingerprint density at radius 2 is 2.00 bits per heavy atom. The molecule has 0 spiro atoms. The van der Waals surface area contributed by atoms with Gasteiger partial charge >= 0.3 is 0 Å². The number of aromatic nitrogens is 1. The van der Waals surface area contributed by atoms with Gasteiger partial charge in [-0.25, -0.2) is 8.42 Å². The van der Waals surface area contributed by atoms with Crippen molar-refractivity contribution >= 4 is 15.7 Å².